The summed E-state index contributed by atoms with van der Waals surface area (Å²) >= 11 is 0. The number of ether oxygens (including phenoxy) is 7. The Hall–Kier alpha value is -3.22. The highest BCUT2D eigenvalue weighted by atomic mass is 16.6. The summed E-state index contributed by atoms with van der Waals surface area (Å²) in [6, 6.07) is 0. The van der Waals surface area contributed by atoms with Crippen LogP contribution in [0.25, 0.3) is 0 Å². The minimum Gasteiger partial charge on any atom is -0.463 e. The molecule has 33 heavy (non-hydrogen) atoms. The second-order valence-corrected chi connectivity index (χ2v) is 6.72. The number of esters is 6. The van der Waals surface area contributed by atoms with E-state index in [4.69, 9.17) is 33.2 Å². The fourth-order valence-electron chi connectivity index (χ4n) is 2.35. The van der Waals surface area contributed by atoms with Crippen LogP contribution in [-0.4, -0.2) is 86.7 Å². The molecule has 0 bridgehead atoms. The van der Waals surface area contributed by atoms with Gasteiger partial charge in [0, 0.05) is 41.5 Å². The second-order valence-electron chi connectivity index (χ2n) is 6.72. The van der Waals surface area contributed by atoms with E-state index < -0.39 is 86.7 Å². The van der Waals surface area contributed by atoms with Gasteiger partial charge in [0.25, 0.3) is 0 Å². The van der Waals surface area contributed by atoms with Gasteiger partial charge in [0.1, 0.15) is 38.6 Å². The van der Waals surface area contributed by atoms with Crippen molar-refractivity contribution >= 4 is 35.8 Å². The minimum absolute atomic E-state index is 0.455. The maximum Gasteiger partial charge on any atom is 0.303 e. The van der Waals surface area contributed by atoms with Crippen LogP contribution in [0.1, 0.15) is 41.5 Å². The van der Waals surface area contributed by atoms with E-state index in [0.717, 1.165) is 41.5 Å². The molecule has 0 aromatic carbocycles. The fraction of sp³-hybridized carbons (Fsp3) is 0.700. The first-order valence-corrected chi connectivity index (χ1v) is 9.85. The molecule has 0 aromatic rings. The third-order valence-electron chi connectivity index (χ3n) is 3.62. The molecule has 0 heterocycles. The molecule has 0 aromatic heterocycles. The van der Waals surface area contributed by atoms with Gasteiger partial charge >= 0.3 is 35.8 Å². The Balaban J connectivity index is 5.98. The van der Waals surface area contributed by atoms with E-state index in [1.54, 1.807) is 0 Å². The van der Waals surface area contributed by atoms with Gasteiger partial charge in [0.15, 0.2) is 12.2 Å². The molecule has 0 aliphatic rings. The van der Waals surface area contributed by atoms with E-state index in [1.165, 1.54) is 0 Å². The molecule has 0 spiro atoms. The minimum atomic E-state index is -1.26. The molecule has 0 fully saturated rings. The lowest BCUT2D eigenvalue weighted by Gasteiger charge is -2.32. The zero-order valence-corrected chi connectivity index (χ0v) is 19.4. The number of hydrogen-bond acceptors (Lipinski definition) is 13. The predicted octanol–water partition coefficient (Wildman–Crippen LogP) is -0.144. The van der Waals surface area contributed by atoms with E-state index in [-0.39, 0.29) is 0 Å². The zero-order chi connectivity index (χ0) is 25.6. The van der Waals surface area contributed by atoms with E-state index in [2.05, 4.69) is 0 Å². The standard InChI is InChI=1S/C20H30O13/c1-11(21)27-7-17(31-15(5)25)19(9-29-13(3)23)33-20(10-30-14(4)24)18(32-16(6)26)8-28-12(2)22/h17-20H,7-10H2,1-6H3. The van der Waals surface area contributed by atoms with Crippen molar-refractivity contribution in [1.82, 2.24) is 0 Å². The van der Waals surface area contributed by atoms with Gasteiger partial charge in [-0.3, -0.25) is 28.8 Å². The van der Waals surface area contributed by atoms with Gasteiger partial charge in [-0.25, -0.2) is 0 Å². The largest absolute Gasteiger partial charge is 0.463 e. The normalized spacial score (nSPS) is 14.0. The van der Waals surface area contributed by atoms with Gasteiger partial charge < -0.3 is 33.2 Å². The van der Waals surface area contributed by atoms with Crippen LogP contribution in [0, 0.1) is 0 Å². The Morgan fingerprint density at radius 3 is 0.879 bits per heavy atom. The summed E-state index contributed by atoms with van der Waals surface area (Å²) in [5.41, 5.74) is 0. The first kappa shape index (κ1) is 29.8. The van der Waals surface area contributed by atoms with Crippen LogP contribution in [0.15, 0.2) is 0 Å². The molecule has 4 unspecified atom stereocenters. The third kappa shape index (κ3) is 15.3. The van der Waals surface area contributed by atoms with Crippen LogP contribution >= 0.6 is 0 Å². The van der Waals surface area contributed by atoms with E-state index in [1.807, 2.05) is 0 Å². The topological polar surface area (TPSA) is 167 Å². The Labute approximate surface area is 190 Å². The maximum absolute atomic E-state index is 11.6. The molecule has 0 radical (unpaired) electrons. The quantitative estimate of drug-likeness (QED) is 0.239. The van der Waals surface area contributed by atoms with Crippen LogP contribution in [0.5, 0.6) is 0 Å². The van der Waals surface area contributed by atoms with E-state index in [9.17, 15) is 28.8 Å². The maximum atomic E-state index is 11.6. The van der Waals surface area contributed by atoms with Crippen LogP contribution in [0.3, 0.4) is 0 Å². The fourth-order valence-corrected chi connectivity index (χ4v) is 2.35. The SMILES string of the molecule is CC(=O)OCC(OC(C)=O)C(COC(C)=O)OC(COC(C)=O)C(COC(C)=O)OC(C)=O. The number of rotatable bonds is 14. The Kier molecular flexibility index (Phi) is 14.0. The first-order valence-electron chi connectivity index (χ1n) is 9.85. The molecule has 0 aliphatic carbocycles. The van der Waals surface area contributed by atoms with Crippen molar-refractivity contribution < 1.29 is 61.9 Å². The van der Waals surface area contributed by atoms with Gasteiger partial charge in [-0.1, -0.05) is 0 Å². The molecule has 0 amide bonds. The summed E-state index contributed by atoms with van der Waals surface area (Å²) < 4.78 is 35.9. The van der Waals surface area contributed by atoms with E-state index in [0.29, 0.717) is 0 Å². The summed E-state index contributed by atoms with van der Waals surface area (Å²) in [6.07, 6.45) is -5.02. The van der Waals surface area contributed by atoms with Crippen molar-refractivity contribution in [3.63, 3.8) is 0 Å². The molecule has 0 aliphatic heterocycles. The lowest BCUT2D eigenvalue weighted by molar-refractivity contribution is -0.201. The van der Waals surface area contributed by atoms with Gasteiger partial charge in [-0.2, -0.15) is 0 Å². The van der Waals surface area contributed by atoms with Gasteiger partial charge in [-0.15, -0.1) is 0 Å². The molecular formula is C20H30O13. The van der Waals surface area contributed by atoms with Crippen molar-refractivity contribution in [2.75, 3.05) is 26.4 Å². The molecule has 13 nitrogen and oxygen atoms in total. The van der Waals surface area contributed by atoms with Gasteiger partial charge in [0.2, 0.25) is 0 Å². The smallest absolute Gasteiger partial charge is 0.303 e. The summed E-state index contributed by atoms with van der Waals surface area (Å²) in [6.45, 7) is 4.87. The lowest BCUT2D eigenvalue weighted by Crippen LogP contribution is -2.48. The summed E-state index contributed by atoms with van der Waals surface area (Å²) in [5.74, 6) is -4.24. The van der Waals surface area contributed by atoms with Crippen molar-refractivity contribution in [1.29, 1.82) is 0 Å². The number of carbonyl (C=O) groups excluding carboxylic acids is 6. The molecule has 188 valence electrons. The highest BCUT2D eigenvalue weighted by Gasteiger charge is 2.36. The Morgan fingerprint density at radius 1 is 0.424 bits per heavy atom. The van der Waals surface area contributed by atoms with Crippen molar-refractivity contribution in [3.8, 4) is 0 Å². The first-order chi connectivity index (χ1) is 15.3. The Bertz CT molecular complexity index is 644. The van der Waals surface area contributed by atoms with Crippen molar-refractivity contribution in [2.24, 2.45) is 0 Å². The molecule has 0 saturated heterocycles. The van der Waals surface area contributed by atoms with Gasteiger partial charge in [0.05, 0.1) is 0 Å². The van der Waals surface area contributed by atoms with Crippen LogP contribution in [-0.2, 0) is 61.9 Å². The predicted molar refractivity (Wildman–Crippen MR) is 106 cm³/mol. The third-order valence-corrected chi connectivity index (χ3v) is 3.62. The molecule has 0 N–H and O–H groups in total. The summed E-state index contributed by atoms with van der Waals surface area (Å²) in [5, 5.41) is 0. The average molecular weight is 478 g/mol. The number of hydrogen-bond donors (Lipinski definition) is 0. The molecule has 0 rings (SSSR count). The molecule has 0 saturated carbocycles. The zero-order valence-electron chi connectivity index (χ0n) is 19.4. The summed E-state index contributed by atoms with van der Waals surface area (Å²) in [7, 11) is 0. The van der Waals surface area contributed by atoms with Crippen LogP contribution in [0.2, 0.25) is 0 Å². The van der Waals surface area contributed by atoms with Crippen molar-refractivity contribution in [3.05, 3.63) is 0 Å². The Morgan fingerprint density at radius 2 is 0.667 bits per heavy atom. The highest BCUT2D eigenvalue weighted by Crippen LogP contribution is 2.16. The lowest BCUT2D eigenvalue weighted by atomic mass is 10.1. The second kappa shape index (κ2) is 15.6. The van der Waals surface area contributed by atoms with E-state index >= 15 is 0 Å². The molecular weight excluding hydrogens is 448 g/mol. The summed E-state index contributed by atoms with van der Waals surface area (Å²) in [4.78, 5) is 68.4. The number of carbonyl (C=O) groups is 6. The van der Waals surface area contributed by atoms with Crippen LogP contribution < -0.4 is 0 Å². The highest BCUT2D eigenvalue weighted by molar-refractivity contribution is 5.68. The van der Waals surface area contributed by atoms with Crippen molar-refractivity contribution in [2.45, 2.75) is 66.0 Å². The van der Waals surface area contributed by atoms with Crippen LogP contribution in [0.4, 0.5) is 0 Å². The monoisotopic (exact) mass is 478 g/mol. The van der Waals surface area contributed by atoms with Gasteiger partial charge in [-0.05, 0) is 0 Å². The molecule has 4 atom stereocenters. The average Bonchev–Trinajstić information content (AvgIpc) is 2.67. The molecule has 13 heteroatoms.